The molecule has 6 nitrogen and oxygen atoms in total. The molecule has 1 N–H and O–H groups in total. The number of aromatic amines is 1. The first kappa shape index (κ1) is 6.71. The van der Waals surface area contributed by atoms with Gasteiger partial charge in [-0.3, -0.25) is 4.79 Å². The van der Waals surface area contributed by atoms with E-state index >= 15 is 0 Å². The molecule has 0 bridgehead atoms. The Morgan fingerprint density at radius 3 is 3.00 bits per heavy atom. The maximum Gasteiger partial charge on any atom is 0.219 e. The van der Waals surface area contributed by atoms with Crippen LogP contribution in [0, 0.1) is 0 Å². The van der Waals surface area contributed by atoms with Gasteiger partial charge in [0.05, 0.1) is 18.0 Å². The Morgan fingerprint density at radius 1 is 1.50 bits per heavy atom. The Labute approximate surface area is 66.6 Å². The van der Waals surface area contributed by atoms with E-state index in [9.17, 15) is 4.79 Å². The van der Waals surface area contributed by atoms with Crippen LogP contribution in [-0.4, -0.2) is 26.4 Å². The number of hydrogen-bond acceptors (Lipinski definition) is 5. The van der Waals surface area contributed by atoms with Gasteiger partial charge in [0.2, 0.25) is 5.78 Å². The van der Waals surface area contributed by atoms with Crippen LogP contribution in [0.1, 0.15) is 16.1 Å². The van der Waals surface area contributed by atoms with Crippen molar-refractivity contribution in [3.05, 3.63) is 29.9 Å². The van der Waals surface area contributed by atoms with Gasteiger partial charge in [0.1, 0.15) is 6.26 Å². The molecule has 0 unspecified atom stereocenters. The first-order valence-electron chi connectivity index (χ1n) is 3.18. The normalized spacial score (nSPS) is 10.0. The highest BCUT2D eigenvalue weighted by atomic mass is 16.5. The highest BCUT2D eigenvalue weighted by molar-refractivity contribution is 6.06. The van der Waals surface area contributed by atoms with Crippen LogP contribution in [-0.2, 0) is 0 Å². The number of ketones is 1. The topological polar surface area (TPSA) is 84.7 Å². The summed E-state index contributed by atoms with van der Waals surface area (Å²) in [7, 11) is 0. The average molecular weight is 164 g/mol. The summed E-state index contributed by atoms with van der Waals surface area (Å²) < 4.78 is 4.50. The van der Waals surface area contributed by atoms with Gasteiger partial charge in [-0.2, -0.15) is 15.4 Å². The zero-order valence-corrected chi connectivity index (χ0v) is 5.89. The predicted molar refractivity (Wildman–Crippen MR) is 36.3 cm³/mol. The molecule has 0 amide bonds. The van der Waals surface area contributed by atoms with E-state index in [2.05, 4.69) is 25.1 Å². The first-order valence-corrected chi connectivity index (χ1v) is 3.18. The molecule has 0 aliphatic rings. The van der Waals surface area contributed by atoms with Crippen molar-refractivity contribution < 1.29 is 9.32 Å². The van der Waals surface area contributed by atoms with Crippen molar-refractivity contribution in [3.63, 3.8) is 0 Å². The van der Waals surface area contributed by atoms with E-state index in [1.165, 1.54) is 18.7 Å². The second kappa shape index (κ2) is 2.57. The molecule has 2 rings (SSSR count). The molecule has 0 radical (unpaired) electrons. The fourth-order valence-corrected chi connectivity index (χ4v) is 0.776. The number of aromatic nitrogens is 4. The van der Waals surface area contributed by atoms with Crippen molar-refractivity contribution in [2.24, 2.45) is 0 Å². The van der Waals surface area contributed by atoms with Gasteiger partial charge in [0.25, 0.3) is 0 Å². The van der Waals surface area contributed by atoms with Crippen molar-refractivity contribution in [2.75, 3.05) is 0 Å². The molecule has 0 spiro atoms. The van der Waals surface area contributed by atoms with Gasteiger partial charge in [-0.1, -0.05) is 5.16 Å². The van der Waals surface area contributed by atoms with Crippen molar-refractivity contribution in [2.45, 2.75) is 0 Å². The minimum Gasteiger partial charge on any atom is -0.364 e. The monoisotopic (exact) mass is 164 g/mol. The van der Waals surface area contributed by atoms with E-state index < -0.39 is 0 Å². The Bertz CT molecular complexity index is 328. The number of carbonyl (C=O) groups excluding carboxylic acids is 1. The first-order chi connectivity index (χ1) is 5.88. The van der Waals surface area contributed by atoms with Crippen molar-refractivity contribution in [1.82, 2.24) is 20.6 Å². The summed E-state index contributed by atoms with van der Waals surface area (Å²) in [5.41, 5.74) is 0.613. The standard InChI is InChI=1S/C6H4N4O2/c11-6(4-1-8-12-3-4)5-2-7-10-9-5/h1-3H,(H,7,9,10). The Morgan fingerprint density at radius 2 is 2.42 bits per heavy atom. The Hall–Kier alpha value is -1.98. The molecule has 0 fully saturated rings. The summed E-state index contributed by atoms with van der Waals surface area (Å²) in [6, 6.07) is 0. The van der Waals surface area contributed by atoms with Gasteiger partial charge >= 0.3 is 0 Å². The van der Waals surface area contributed by atoms with E-state index in [1.807, 2.05) is 0 Å². The van der Waals surface area contributed by atoms with E-state index in [4.69, 9.17) is 0 Å². The van der Waals surface area contributed by atoms with Gasteiger partial charge in [-0.25, -0.2) is 0 Å². The summed E-state index contributed by atoms with van der Waals surface area (Å²) in [6.45, 7) is 0. The number of hydrogen-bond donors (Lipinski definition) is 1. The van der Waals surface area contributed by atoms with Gasteiger partial charge in [-0.05, 0) is 0 Å². The molecule has 6 heteroatoms. The SMILES string of the molecule is O=C(c1cnoc1)c1cn[nH]n1. The van der Waals surface area contributed by atoms with Crippen molar-refractivity contribution in [1.29, 1.82) is 0 Å². The quantitative estimate of drug-likeness (QED) is 0.632. The van der Waals surface area contributed by atoms with Crippen LogP contribution in [0.5, 0.6) is 0 Å². The lowest BCUT2D eigenvalue weighted by atomic mass is 10.2. The Balaban J connectivity index is 2.34. The van der Waals surface area contributed by atoms with Gasteiger partial charge in [-0.15, -0.1) is 0 Å². The van der Waals surface area contributed by atoms with Crippen molar-refractivity contribution >= 4 is 5.78 Å². The highest BCUT2D eigenvalue weighted by Crippen LogP contribution is 2.03. The smallest absolute Gasteiger partial charge is 0.219 e. The van der Waals surface area contributed by atoms with Gasteiger partial charge in [0, 0.05) is 0 Å². The largest absolute Gasteiger partial charge is 0.364 e. The molecule has 0 saturated heterocycles. The fourth-order valence-electron chi connectivity index (χ4n) is 0.776. The molecular formula is C6H4N4O2. The number of nitrogens with zero attached hydrogens (tertiary/aromatic N) is 3. The lowest BCUT2D eigenvalue weighted by Crippen LogP contribution is -1.99. The molecule has 2 aromatic rings. The van der Waals surface area contributed by atoms with Crippen LogP contribution >= 0.6 is 0 Å². The maximum absolute atomic E-state index is 11.3. The van der Waals surface area contributed by atoms with Crippen LogP contribution in [0.15, 0.2) is 23.2 Å². The molecule has 0 aliphatic carbocycles. The molecule has 60 valence electrons. The summed E-state index contributed by atoms with van der Waals surface area (Å²) in [5, 5.41) is 12.9. The Kier molecular flexibility index (Phi) is 1.44. The minimum absolute atomic E-state index is 0.248. The third-order valence-corrected chi connectivity index (χ3v) is 1.34. The lowest BCUT2D eigenvalue weighted by molar-refractivity contribution is 0.103. The summed E-state index contributed by atoms with van der Waals surface area (Å²) >= 11 is 0. The minimum atomic E-state index is -0.259. The fraction of sp³-hybridized carbons (Fsp3) is 0. The van der Waals surface area contributed by atoms with Crippen LogP contribution in [0.2, 0.25) is 0 Å². The van der Waals surface area contributed by atoms with E-state index in [0.29, 0.717) is 5.56 Å². The molecule has 0 aromatic carbocycles. The van der Waals surface area contributed by atoms with Crippen LogP contribution in [0.25, 0.3) is 0 Å². The number of rotatable bonds is 2. The maximum atomic E-state index is 11.3. The van der Waals surface area contributed by atoms with E-state index in [-0.39, 0.29) is 11.5 Å². The zero-order chi connectivity index (χ0) is 8.39. The van der Waals surface area contributed by atoms with Gasteiger partial charge < -0.3 is 4.52 Å². The van der Waals surface area contributed by atoms with Crippen LogP contribution < -0.4 is 0 Å². The number of carbonyl (C=O) groups is 1. The zero-order valence-electron chi connectivity index (χ0n) is 5.89. The molecule has 0 saturated carbocycles. The summed E-state index contributed by atoms with van der Waals surface area (Å²) in [4.78, 5) is 11.3. The molecular weight excluding hydrogens is 160 g/mol. The summed E-state index contributed by atoms with van der Waals surface area (Å²) in [6.07, 6.45) is 3.93. The second-order valence-corrected chi connectivity index (χ2v) is 2.10. The van der Waals surface area contributed by atoms with Crippen LogP contribution in [0.4, 0.5) is 0 Å². The molecule has 0 atom stereocenters. The third kappa shape index (κ3) is 0.986. The van der Waals surface area contributed by atoms with E-state index in [1.54, 1.807) is 0 Å². The van der Waals surface area contributed by atoms with E-state index in [0.717, 1.165) is 0 Å². The lowest BCUT2D eigenvalue weighted by Gasteiger charge is -1.85. The molecule has 2 heterocycles. The molecule has 12 heavy (non-hydrogen) atoms. The predicted octanol–water partition coefficient (Wildman–Crippen LogP) is 0.0237. The molecule has 0 aliphatic heterocycles. The number of nitrogens with one attached hydrogen (secondary N) is 1. The van der Waals surface area contributed by atoms with Gasteiger partial charge in [0.15, 0.2) is 5.69 Å². The average Bonchev–Trinajstić information content (AvgIpc) is 2.77. The second-order valence-electron chi connectivity index (χ2n) is 2.10. The summed E-state index contributed by atoms with van der Waals surface area (Å²) in [5.74, 6) is -0.259. The van der Waals surface area contributed by atoms with Crippen LogP contribution in [0.3, 0.4) is 0 Å². The van der Waals surface area contributed by atoms with Crippen molar-refractivity contribution in [3.8, 4) is 0 Å². The third-order valence-electron chi connectivity index (χ3n) is 1.34. The highest BCUT2D eigenvalue weighted by Gasteiger charge is 2.12. The molecule has 2 aromatic heterocycles. The number of H-pyrrole nitrogens is 1.